The number of hydrogen-bond acceptors (Lipinski definition) is 2. The molecule has 4 rings (SSSR count). The van der Waals surface area contributed by atoms with E-state index in [1.807, 2.05) is 30.7 Å². The molecule has 27 heavy (non-hydrogen) atoms. The lowest BCUT2D eigenvalue weighted by Gasteiger charge is -2.06. The molecular weight excluding hydrogens is 358 g/mol. The molecule has 0 bridgehead atoms. The van der Waals surface area contributed by atoms with Gasteiger partial charge in [0.2, 0.25) is 0 Å². The third-order valence-corrected chi connectivity index (χ3v) is 5.18. The van der Waals surface area contributed by atoms with E-state index < -0.39 is 0 Å². The van der Waals surface area contributed by atoms with Crippen molar-refractivity contribution in [1.82, 2.24) is 9.78 Å². The third-order valence-electron chi connectivity index (χ3n) is 4.94. The van der Waals surface area contributed by atoms with E-state index in [4.69, 9.17) is 11.6 Å². The van der Waals surface area contributed by atoms with Crippen molar-refractivity contribution >= 4 is 34.8 Å². The first-order valence-electron chi connectivity index (χ1n) is 8.85. The van der Waals surface area contributed by atoms with Crippen LogP contribution in [0.2, 0.25) is 5.02 Å². The monoisotopic (exact) mass is 377 g/mol. The van der Waals surface area contributed by atoms with E-state index in [1.54, 1.807) is 12.1 Å². The van der Waals surface area contributed by atoms with Gasteiger partial charge in [-0.15, -0.1) is 0 Å². The zero-order chi connectivity index (χ0) is 19.1. The van der Waals surface area contributed by atoms with Gasteiger partial charge in [0.1, 0.15) is 0 Å². The third kappa shape index (κ3) is 3.28. The van der Waals surface area contributed by atoms with Crippen LogP contribution in [0.4, 0.5) is 5.69 Å². The lowest BCUT2D eigenvalue weighted by Crippen LogP contribution is -2.05. The highest BCUT2D eigenvalue weighted by Gasteiger charge is 2.25. The summed E-state index contributed by atoms with van der Waals surface area (Å²) >= 11 is 6.04. The summed E-state index contributed by atoms with van der Waals surface area (Å²) in [6.07, 6.45) is 1.93. The van der Waals surface area contributed by atoms with Crippen LogP contribution in [0, 0.1) is 20.8 Å². The summed E-state index contributed by atoms with van der Waals surface area (Å²) in [5, 5.41) is 8.17. The molecule has 0 fully saturated rings. The second kappa shape index (κ2) is 6.71. The number of anilines is 1. The minimum absolute atomic E-state index is 0.114. The van der Waals surface area contributed by atoms with Gasteiger partial charge in [-0.2, -0.15) is 5.10 Å². The first kappa shape index (κ1) is 17.6. The summed E-state index contributed by atoms with van der Waals surface area (Å²) in [5.74, 6) is -0.114. The van der Waals surface area contributed by atoms with Gasteiger partial charge in [-0.25, -0.2) is 0 Å². The summed E-state index contributed by atoms with van der Waals surface area (Å²) in [6.45, 7) is 6.79. The van der Waals surface area contributed by atoms with Crippen molar-refractivity contribution in [2.75, 3.05) is 5.32 Å². The SMILES string of the molecule is Cc1ccc(Cn2nc(C)c(C=C3C(=O)Nc4cc(Cl)ccc43)c2C)cc1. The number of aryl methyl sites for hydroxylation is 2. The number of hydrogen-bond donors (Lipinski definition) is 1. The van der Waals surface area contributed by atoms with E-state index >= 15 is 0 Å². The Morgan fingerprint density at radius 2 is 1.85 bits per heavy atom. The fraction of sp³-hybridized carbons (Fsp3) is 0.182. The minimum Gasteiger partial charge on any atom is -0.321 e. The summed E-state index contributed by atoms with van der Waals surface area (Å²) in [6, 6.07) is 13.9. The van der Waals surface area contributed by atoms with Gasteiger partial charge in [0.25, 0.3) is 5.91 Å². The Kier molecular flexibility index (Phi) is 4.36. The van der Waals surface area contributed by atoms with Crippen molar-refractivity contribution in [3.05, 3.63) is 81.1 Å². The summed E-state index contributed by atoms with van der Waals surface area (Å²) < 4.78 is 1.99. The molecule has 0 aliphatic carbocycles. The van der Waals surface area contributed by atoms with Gasteiger partial charge < -0.3 is 5.32 Å². The highest BCUT2D eigenvalue weighted by atomic mass is 35.5. The Balaban J connectivity index is 1.71. The molecule has 1 aromatic heterocycles. The molecule has 1 N–H and O–H groups in total. The molecule has 2 heterocycles. The normalized spacial score (nSPS) is 14.5. The molecule has 1 aliphatic heterocycles. The van der Waals surface area contributed by atoms with Gasteiger partial charge in [-0.05, 0) is 44.5 Å². The van der Waals surface area contributed by atoms with Crippen molar-refractivity contribution in [3.8, 4) is 0 Å². The number of fused-ring (bicyclic) bond motifs is 1. The number of aromatic nitrogens is 2. The van der Waals surface area contributed by atoms with Crippen LogP contribution in [0.5, 0.6) is 0 Å². The Labute approximate surface area is 163 Å². The molecule has 0 saturated heterocycles. The molecule has 3 aromatic rings. The molecule has 0 radical (unpaired) electrons. The van der Waals surface area contributed by atoms with E-state index in [2.05, 4.69) is 41.6 Å². The number of amides is 1. The summed E-state index contributed by atoms with van der Waals surface area (Å²) in [5.41, 5.74) is 7.62. The predicted octanol–water partition coefficient (Wildman–Crippen LogP) is 5.00. The van der Waals surface area contributed by atoms with Crippen molar-refractivity contribution in [2.45, 2.75) is 27.3 Å². The fourth-order valence-corrected chi connectivity index (χ4v) is 3.57. The van der Waals surface area contributed by atoms with E-state index in [-0.39, 0.29) is 5.91 Å². The van der Waals surface area contributed by atoms with Gasteiger partial charge in [-0.3, -0.25) is 9.48 Å². The maximum absolute atomic E-state index is 12.4. The number of nitrogens with zero attached hydrogens (tertiary/aromatic N) is 2. The number of carbonyl (C=O) groups is 1. The Hall–Kier alpha value is -2.85. The molecule has 0 unspecified atom stereocenters. The van der Waals surface area contributed by atoms with E-state index in [1.165, 1.54) is 11.1 Å². The zero-order valence-corrected chi connectivity index (χ0v) is 16.3. The topological polar surface area (TPSA) is 46.9 Å². The van der Waals surface area contributed by atoms with Gasteiger partial charge in [0.05, 0.1) is 17.9 Å². The van der Waals surface area contributed by atoms with Crippen LogP contribution >= 0.6 is 11.6 Å². The van der Waals surface area contributed by atoms with Crippen molar-refractivity contribution in [2.24, 2.45) is 0 Å². The molecule has 136 valence electrons. The molecule has 1 aliphatic rings. The Morgan fingerprint density at radius 1 is 1.11 bits per heavy atom. The van der Waals surface area contributed by atoms with Gasteiger partial charge in [0, 0.05) is 27.4 Å². The van der Waals surface area contributed by atoms with Gasteiger partial charge >= 0.3 is 0 Å². The highest BCUT2D eigenvalue weighted by Crippen LogP contribution is 2.35. The quantitative estimate of drug-likeness (QED) is 0.652. The molecule has 5 heteroatoms. The van der Waals surface area contributed by atoms with Crippen LogP contribution < -0.4 is 5.32 Å². The van der Waals surface area contributed by atoms with Crippen molar-refractivity contribution < 1.29 is 4.79 Å². The zero-order valence-electron chi connectivity index (χ0n) is 15.5. The number of nitrogens with one attached hydrogen (secondary N) is 1. The van der Waals surface area contributed by atoms with Crippen molar-refractivity contribution in [1.29, 1.82) is 0 Å². The second-order valence-electron chi connectivity index (χ2n) is 6.93. The van der Waals surface area contributed by atoms with Gasteiger partial charge in [-0.1, -0.05) is 47.5 Å². The Bertz CT molecular complexity index is 1080. The molecular formula is C22H20ClN3O. The van der Waals surface area contributed by atoms with Crippen LogP contribution in [-0.4, -0.2) is 15.7 Å². The fourth-order valence-electron chi connectivity index (χ4n) is 3.39. The number of carbonyl (C=O) groups excluding carboxylic acids is 1. The first-order valence-corrected chi connectivity index (χ1v) is 9.22. The van der Waals surface area contributed by atoms with E-state index in [0.29, 0.717) is 17.1 Å². The van der Waals surface area contributed by atoms with Crippen LogP contribution in [0.1, 0.15) is 33.6 Å². The van der Waals surface area contributed by atoms with Gasteiger partial charge in [0.15, 0.2) is 0 Å². The molecule has 2 aromatic carbocycles. The number of halogens is 1. The molecule has 0 spiro atoms. The largest absolute Gasteiger partial charge is 0.321 e. The first-order chi connectivity index (χ1) is 12.9. The average Bonchev–Trinajstić information content (AvgIpc) is 3.07. The average molecular weight is 378 g/mol. The Morgan fingerprint density at radius 3 is 2.59 bits per heavy atom. The smallest absolute Gasteiger partial charge is 0.256 e. The standard InChI is InChI=1S/C22H20ClN3O/c1-13-4-6-16(7-5-13)12-26-15(3)19(14(2)25-26)11-20-18-9-8-17(23)10-21(18)24-22(20)27/h4-11H,12H2,1-3H3,(H,24,27). The second-order valence-corrected chi connectivity index (χ2v) is 7.37. The van der Waals surface area contributed by atoms with Crippen LogP contribution in [0.15, 0.2) is 42.5 Å². The lowest BCUT2D eigenvalue weighted by atomic mass is 10.0. The molecule has 0 saturated carbocycles. The maximum Gasteiger partial charge on any atom is 0.256 e. The molecule has 4 nitrogen and oxygen atoms in total. The summed E-state index contributed by atoms with van der Waals surface area (Å²) in [4.78, 5) is 12.4. The lowest BCUT2D eigenvalue weighted by molar-refractivity contribution is -0.110. The van der Waals surface area contributed by atoms with Crippen LogP contribution in [0.3, 0.4) is 0 Å². The van der Waals surface area contributed by atoms with Crippen molar-refractivity contribution in [3.63, 3.8) is 0 Å². The highest BCUT2D eigenvalue weighted by molar-refractivity contribution is 6.36. The minimum atomic E-state index is -0.114. The molecule has 1 amide bonds. The van der Waals surface area contributed by atoms with Crippen LogP contribution in [0.25, 0.3) is 11.6 Å². The summed E-state index contributed by atoms with van der Waals surface area (Å²) in [7, 11) is 0. The maximum atomic E-state index is 12.4. The van der Waals surface area contributed by atoms with E-state index in [9.17, 15) is 4.79 Å². The predicted molar refractivity (Wildman–Crippen MR) is 110 cm³/mol. The number of benzene rings is 2. The number of rotatable bonds is 3. The van der Waals surface area contributed by atoms with Crippen LogP contribution in [-0.2, 0) is 11.3 Å². The van der Waals surface area contributed by atoms with E-state index in [0.717, 1.165) is 28.2 Å². The molecule has 0 atom stereocenters.